The molecule has 2 nitrogen and oxygen atoms in total. The van der Waals surface area contributed by atoms with E-state index in [0.717, 1.165) is 39.3 Å². The van der Waals surface area contributed by atoms with Crippen LogP contribution in [0, 0.1) is 0 Å². The summed E-state index contributed by atoms with van der Waals surface area (Å²) < 4.78 is 0. The molecule has 52 heavy (non-hydrogen) atoms. The summed E-state index contributed by atoms with van der Waals surface area (Å²) in [6.07, 6.45) is 4.94. The van der Waals surface area contributed by atoms with Gasteiger partial charge in [0.25, 0.3) is 0 Å². The van der Waals surface area contributed by atoms with Crippen LogP contribution in [0.25, 0.3) is 11.1 Å². The summed E-state index contributed by atoms with van der Waals surface area (Å²) in [5, 5.41) is 9.08. The summed E-state index contributed by atoms with van der Waals surface area (Å²) in [7, 11) is -2.32. The normalized spacial score (nSPS) is 15.3. The number of hydrogen-bond donors (Lipinski definition) is 0. The molecule has 0 atom stereocenters. The highest BCUT2D eigenvalue weighted by atomic mass is 28.3. The van der Waals surface area contributed by atoms with E-state index in [0.29, 0.717) is 0 Å². The van der Waals surface area contributed by atoms with Crippen molar-refractivity contribution in [3.8, 4) is 11.1 Å². The first-order valence-corrected chi connectivity index (χ1v) is 22.4. The van der Waals surface area contributed by atoms with Crippen LogP contribution in [0.3, 0.4) is 0 Å². The van der Waals surface area contributed by atoms with Gasteiger partial charge in [-0.25, -0.2) is 0 Å². The van der Waals surface area contributed by atoms with Gasteiger partial charge in [-0.2, -0.15) is 0 Å². The lowest BCUT2D eigenvalue weighted by molar-refractivity contribution is 0.253. The fourth-order valence-electron chi connectivity index (χ4n) is 8.33. The van der Waals surface area contributed by atoms with Gasteiger partial charge in [-0.15, -0.1) is 0 Å². The predicted octanol–water partition coefficient (Wildman–Crippen LogP) is 6.62. The van der Waals surface area contributed by atoms with Gasteiger partial charge >= 0.3 is 0 Å². The third-order valence-corrected chi connectivity index (χ3v) is 17.0. The van der Waals surface area contributed by atoms with Crippen LogP contribution < -0.4 is 31.1 Å². The molecule has 2 radical (unpaired) electrons. The van der Waals surface area contributed by atoms with E-state index in [-0.39, 0.29) is 0 Å². The van der Waals surface area contributed by atoms with Crippen LogP contribution in [0.4, 0.5) is 0 Å². The molecule has 6 aromatic rings. The van der Waals surface area contributed by atoms with Crippen molar-refractivity contribution in [3.05, 3.63) is 168 Å². The molecular formula is C48H50N2Si2. The van der Waals surface area contributed by atoms with Crippen LogP contribution in [-0.2, 0) is 26.2 Å². The molecular weight excluding hydrogens is 661 g/mol. The van der Waals surface area contributed by atoms with Crippen molar-refractivity contribution >= 4 is 48.7 Å². The summed E-state index contributed by atoms with van der Waals surface area (Å²) in [6, 6.07) is 56.3. The lowest BCUT2D eigenvalue weighted by Gasteiger charge is -2.31. The van der Waals surface area contributed by atoms with Gasteiger partial charge in [-0.3, -0.25) is 9.80 Å². The van der Waals surface area contributed by atoms with Crippen LogP contribution in [0.5, 0.6) is 0 Å². The highest BCUT2D eigenvalue weighted by molar-refractivity contribution is 6.96. The molecule has 0 aromatic heterocycles. The highest BCUT2D eigenvalue weighted by Crippen LogP contribution is 2.20. The van der Waals surface area contributed by atoms with Gasteiger partial charge in [0.05, 0.1) is 0 Å². The van der Waals surface area contributed by atoms with E-state index in [9.17, 15) is 0 Å². The molecule has 0 bridgehead atoms. The Labute approximate surface area is 315 Å². The first-order chi connectivity index (χ1) is 25.7. The molecule has 0 saturated heterocycles. The van der Waals surface area contributed by atoms with E-state index in [1.807, 2.05) is 0 Å². The molecule has 260 valence electrons. The molecule has 0 fully saturated rings. The number of rotatable bonds is 9. The minimum atomic E-state index is -1.16. The van der Waals surface area contributed by atoms with Gasteiger partial charge in [-0.1, -0.05) is 183 Å². The van der Waals surface area contributed by atoms with Crippen molar-refractivity contribution in [2.75, 3.05) is 13.1 Å². The Balaban J connectivity index is 1.11. The zero-order chi connectivity index (χ0) is 35.3. The highest BCUT2D eigenvalue weighted by Gasteiger charge is 2.29. The summed E-state index contributed by atoms with van der Waals surface area (Å²) in [5.74, 6) is 0. The fourth-order valence-corrected chi connectivity index (χ4v) is 14.1. The Bertz CT molecular complexity index is 1850. The molecule has 2 aliphatic heterocycles. The third-order valence-electron chi connectivity index (χ3n) is 11.1. The summed E-state index contributed by atoms with van der Waals surface area (Å²) in [5.41, 5.74) is 8.56. The lowest BCUT2D eigenvalue weighted by Crippen LogP contribution is -2.56. The van der Waals surface area contributed by atoms with Gasteiger partial charge in [-0.05, 0) is 80.1 Å². The molecule has 2 aliphatic rings. The Morgan fingerprint density at radius 2 is 0.673 bits per heavy atom. The van der Waals surface area contributed by atoms with E-state index in [4.69, 9.17) is 0 Å². The maximum Gasteiger partial charge on any atom is 0.155 e. The minimum absolute atomic E-state index is 1.03. The fraction of sp³-hybridized carbons (Fsp3) is 0.250. The van der Waals surface area contributed by atoms with Crippen molar-refractivity contribution < 1.29 is 0 Å². The Morgan fingerprint density at radius 3 is 0.962 bits per heavy atom. The first kappa shape index (κ1) is 34.7. The maximum absolute atomic E-state index is 2.66. The first-order valence-electron chi connectivity index (χ1n) is 19.4. The van der Waals surface area contributed by atoms with E-state index < -0.39 is 17.6 Å². The second-order valence-electron chi connectivity index (χ2n) is 14.7. The number of fused-ring (bicyclic) bond motifs is 4. The third kappa shape index (κ3) is 7.31. The van der Waals surface area contributed by atoms with Gasteiger partial charge < -0.3 is 0 Å². The number of benzene rings is 6. The van der Waals surface area contributed by atoms with E-state index in [2.05, 4.69) is 169 Å². The van der Waals surface area contributed by atoms with Gasteiger partial charge in [0.15, 0.2) is 17.6 Å². The standard InChI is InChI=1S/C48H50N2Si2/c1-3-5-31-49-33-39-15-7-11-19-45(39)51(46-20-12-8-16-40(46)34-49)43-27-23-37(24-28-43)38-25-29-44(30-26-38)52-47-21-13-9-17-41(47)35-50(32-6-4-2)36-42-18-10-14-22-48(42)52/h7-30H,3-6,31-36H2,1-2H3. The summed E-state index contributed by atoms with van der Waals surface area (Å²) >= 11 is 0. The van der Waals surface area contributed by atoms with E-state index in [1.54, 1.807) is 0 Å². The van der Waals surface area contributed by atoms with Crippen molar-refractivity contribution in [1.82, 2.24) is 9.80 Å². The molecule has 2 heterocycles. The molecule has 0 spiro atoms. The molecule has 0 aliphatic carbocycles. The minimum Gasteiger partial charge on any atom is -0.295 e. The number of unbranched alkanes of at least 4 members (excludes halogenated alkanes) is 2. The Hall–Kier alpha value is -4.33. The smallest absolute Gasteiger partial charge is 0.155 e. The molecule has 0 N–H and O–H groups in total. The van der Waals surface area contributed by atoms with Crippen LogP contribution >= 0.6 is 0 Å². The van der Waals surface area contributed by atoms with Crippen LogP contribution in [-0.4, -0.2) is 40.5 Å². The summed E-state index contributed by atoms with van der Waals surface area (Å²) in [6.45, 7) is 11.0. The average molecular weight is 711 g/mol. The second kappa shape index (κ2) is 16.1. The summed E-state index contributed by atoms with van der Waals surface area (Å²) in [4.78, 5) is 5.31. The van der Waals surface area contributed by atoms with Crippen LogP contribution in [0.2, 0.25) is 0 Å². The van der Waals surface area contributed by atoms with Gasteiger partial charge in [0.2, 0.25) is 0 Å². The largest absolute Gasteiger partial charge is 0.295 e. The Morgan fingerprint density at radius 1 is 0.385 bits per heavy atom. The topological polar surface area (TPSA) is 6.48 Å². The molecule has 0 amide bonds. The molecule has 6 aromatic carbocycles. The second-order valence-corrected chi connectivity index (χ2v) is 19.5. The van der Waals surface area contributed by atoms with Crippen molar-refractivity contribution in [3.63, 3.8) is 0 Å². The molecule has 4 heteroatoms. The molecule has 0 saturated carbocycles. The van der Waals surface area contributed by atoms with Gasteiger partial charge in [0.1, 0.15) is 0 Å². The quantitative estimate of drug-likeness (QED) is 0.156. The zero-order valence-corrected chi connectivity index (χ0v) is 32.8. The number of hydrogen-bond acceptors (Lipinski definition) is 2. The van der Waals surface area contributed by atoms with Gasteiger partial charge in [0, 0.05) is 26.2 Å². The predicted molar refractivity (Wildman–Crippen MR) is 225 cm³/mol. The van der Waals surface area contributed by atoms with Crippen molar-refractivity contribution in [2.45, 2.75) is 65.7 Å². The van der Waals surface area contributed by atoms with E-state index >= 15 is 0 Å². The maximum atomic E-state index is 2.66. The molecule has 8 rings (SSSR count). The monoisotopic (exact) mass is 710 g/mol. The van der Waals surface area contributed by atoms with Crippen molar-refractivity contribution in [2.24, 2.45) is 0 Å². The molecule has 0 unspecified atom stereocenters. The zero-order valence-electron chi connectivity index (χ0n) is 30.8. The van der Waals surface area contributed by atoms with Crippen LogP contribution in [0.1, 0.15) is 61.8 Å². The SMILES string of the molecule is CCCCN1Cc2ccccc2[Si](c2ccc(-c3ccc([Si]4c5ccccc5CN(CCCC)Cc5ccccc54)cc3)cc2)c2ccccc2C1. The number of nitrogens with zero attached hydrogens (tertiary/aromatic N) is 2. The lowest BCUT2D eigenvalue weighted by atomic mass is 10.1. The average Bonchev–Trinajstić information content (AvgIpc) is 3.18. The Kier molecular flexibility index (Phi) is 10.8. The van der Waals surface area contributed by atoms with E-state index in [1.165, 1.54) is 90.2 Å². The van der Waals surface area contributed by atoms with Crippen LogP contribution in [0.15, 0.2) is 146 Å². The van der Waals surface area contributed by atoms with Crippen molar-refractivity contribution in [1.29, 1.82) is 0 Å².